The maximum atomic E-state index is 12.3. The molecule has 0 spiro atoms. The van der Waals surface area contributed by atoms with Crippen LogP contribution in [-0.2, 0) is 42.9 Å². The monoisotopic (exact) mass is 1010 g/mol. The number of aromatic hydroxyl groups is 8. The second-order valence-electron chi connectivity index (χ2n) is 21.5. The van der Waals surface area contributed by atoms with E-state index in [4.69, 9.17) is 0 Å². The molecular weight excluding hydrogens is 945 g/mol. The van der Waals surface area contributed by atoms with Crippen molar-refractivity contribution in [1.82, 2.24) is 0 Å². The van der Waals surface area contributed by atoms with Crippen LogP contribution in [0.5, 0.6) is 46.0 Å². The molecule has 8 heteroatoms. The zero-order valence-corrected chi connectivity index (χ0v) is 44.2. The summed E-state index contributed by atoms with van der Waals surface area (Å²) in [5.41, 5.74) is 14.4. The Bertz CT molecular complexity index is 3450. The third-order valence-corrected chi connectivity index (χ3v) is 15.6. The minimum Gasteiger partial charge on any atom is -0.508 e. The highest BCUT2D eigenvalue weighted by Crippen LogP contribution is 2.46. The van der Waals surface area contributed by atoms with Crippen LogP contribution in [0.2, 0.25) is 0 Å². The van der Waals surface area contributed by atoms with E-state index in [-0.39, 0.29) is 46.0 Å². The molecule has 0 bridgehead atoms. The van der Waals surface area contributed by atoms with E-state index in [0.717, 1.165) is 83.5 Å². The summed E-state index contributed by atoms with van der Waals surface area (Å²) in [7, 11) is 0. The van der Waals surface area contributed by atoms with Gasteiger partial charge in [0, 0.05) is 42.9 Å². The van der Waals surface area contributed by atoms with Crippen molar-refractivity contribution in [3.63, 3.8) is 0 Å². The van der Waals surface area contributed by atoms with E-state index < -0.39 is 10.8 Å². The highest BCUT2D eigenvalue weighted by atomic mass is 16.3. The van der Waals surface area contributed by atoms with Gasteiger partial charge in [0.1, 0.15) is 46.0 Å². The summed E-state index contributed by atoms with van der Waals surface area (Å²) in [6.07, 6.45) is 1.93. The maximum absolute atomic E-state index is 12.3. The molecule has 9 rings (SSSR count). The molecule has 0 aliphatic heterocycles. The smallest absolute Gasteiger partial charge is 0.122 e. The van der Waals surface area contributed by atoms with E-state index >= 15 is 0 Å². The van der Waals surface area contributed by atoms with Gasteiger partial charge in [-0.15, -0.1) is 0 Å². The number of hydrogen-bond acceptors (Lipinski definition) is 8. The average molecular weight is 1010 g/mol. The number of hydrogen-bond donors (Lipinski definition) is 8. The minimum atomic E-state index is -0.957. The van der Waals surface area contributed by atoms with Crippen molar-refractivity contribution < 1.29 is 40.9 Å². The van der Waals surface area contributed by atoms with E-state index in [1.54, 1.807) is 42.5 Å². The zero-order valence-electron chi connectivity index (χ0n) is 44.2. The van der Waals surface area contributed by atoms with E-state index in [2.05, 4.69) is 75.4 Å². The molecule has 0 amide bonds. The predicted octanol–water partition coefficient (Wildman–Crippen LogP) is 14.2. The Morgan fingerprint density at radius 3 is 0.934 bits per heavy atom. The molecule has 9 aromatic rings. The minimum absolute atomic E-state index is 0.142. The topological polar surface area (TPSA) is 162 Å². The lowest BCUT2D eigenvalue weighted by atomic mass is 9.68. The molecule has 386 valence electrons. The number of phenolic OH excluding ortho intramolecular Hbond substituents is 8. The molecule has 0 saturated carbocycles. The quantitative estimate of drug-likeness (QED) is 0.0471. The van der Waals surface area contributed by atoms with Crippen LogP contribution >= 0.6 is 0 Å². The third kappa shape index (κ3) is 10.8. The lowest BCUT2D eigenvalue weighted by molar-refractivity contribution is 0.461. The van der Waals surface area contributed by atoms with Crippen LogP contribution in [0, 0.1) is 27.7 Å². The Kier molecular flexibility index (Phi) is 14.4. The lowest BCUT2D eigenvalue weighted by Crippen LogP contribution is -2.27. The van der Waals surface area contributed by atoms with Gasteiger partial charge in [-0.3, -0.25) is 0 Å². The largest absolute Gasteiger partial charge is 0.508 e. The Morgan fingerprint density at radius 1 is 0.276 bits per heavy atom. The normalized spacial score (nSPS) is 11.8. The van der Waals surface area contributed by atoms with Crippen molar-refractivity contribution in [1.29, 1.82) is 0 Å². The van der Waals surface area contributed by atoms with Gasteiger partial charge in [-0.1, -0.05) is 135 Å². The molecule has 0 atom stereocenters. The highest BCUT2D eigenvalue weighted by molar-refractivity contribution is 5.61. The van der Waals surface area contributed by atoms with E-state index in [1.165, 1.54) is 0 Å². The van der Waals surface area contributed by atoms with Crippen molar-refractivity contribution in [3.8, 4) is 46.0 Å². The molecule has 0 aliphatic rings. The third-order valence-electron chi connectivity index (χ3n) is 15.6. The van der Waals surface area contributed by atoms with Crippen LogP contribution in [0.3, 0.4) is 0 Å². The van der Waals surface area contributed by atoms with Crippen molar-refractivity contribution in [2.24, 2.45) is 0 Å². The Morgan fingerprint density at radius 2 is 0.579 bits per heavy atom. The maximum Gasteiger partial charge on any atom is 0.122 e. The predicted molar refractivity (Wildman–Crippen MR) is 302 cm³/mol. The molecule has 0 aliphatic carbocycles. The first-order valence-electron chi connectivity index (χ1n) is 25.7. The lowest BCUT2D eigenvalue weighted by Gasteiger charge is -2.35. The summed E-state index contributed by atoms with van der Waals surface area (Å²) < 4.78 is 0. The van der Waals surface area contributed by atoms with Gasteiger partial charge >= 0.3 is 0 Å². The van der Waals surface area contributed by atoms with Gasteiger partial charge < -0.3 is 40.9 Å². The summed E-state index contributed by atoms with van der Waals surface area (Å²) in [5, 5.41) is 87.7. The molecule has 0 unspecified atom stereocenters. The molecule has 8 N–H and O–H groups in total. The molecule has 9 aromatic carbocycles. The highest BCUT2D eigenvalue weighted by Gasteiger charge is 2.35. The van der Waals surface area contributed by atoms with E-state index in [9.17, 15) is 40.9 Å². The molecule has 0 heterocycles. The van der Waals surface area contributed by atoms with Gasteiger partial charge in [0.15, 0.2) is 0 Å². The van der Waals surface area contributed by atoms with Crippen LogP contribution in [0.1, 0.15) is 126 Å². The Hall–Kier alpha value is -8.62. The fraction of sp³-hybridized carbons (Fsp3) is 0.206. The number of phenols is 8. The van der Waals surface area contributed by atoms with Gasteiger partial charge in [0.2, 0.25) is 0 Å². The zero-order chi connectivity index (χ0) is 54.2. The van der Waals surface area contributed by atoms with Crippen molar-refractivity contribution in [3.05, 3.63) is 269 Å². The molecule has 0 fully saturated rings. The van der Waals surface area contributed by atoms with Crippen LogP contribution < -0.4 is 0 Å². The summed E-state index contributed by atoms with van der Waals surface area (Å²) in [4.78, 5) is 0. The van der Waals surface area contributed by atoms with Gasteiger partial charge in [-0.05, 0) is 183 Å². The molecular formula is C68H66O8. The molecule has 0 radical (unpaired) electrons. The SMILES string of the molecule is Cc1cc(Cc2cc(C(C)(C)c3ccc(C(C)(c4cc(Cc5ccc(O)cc5)c(O)c(Cc5ccc(O)c(C)c5)c4)c4cc(Cc5ccc(O)cc5)c(O)c(Cc5ccc(O)c(C)c5)c4)cc3)cc(C)c2O)ccc1O. The summed E-state index contributed by atoms with van der Waals surface area (Å²) in [6, 6.07) is 51.5. The van der Waals surface area contributed by atoms with Crippen LogP contribution in [0.4, 0.5) is 0 Å². The summed E-state index contributed by atoms with van der Waals surface area (Å²) in [6.45, 7) is 14.0. The summed E-state index contributed by atoms with van der Waals surface area (Å²) >= 11 is 0. The van der Waals surface area contributed by atoms with Crippen molar-refractivity contribution in [2.75, 3.05) is 0 Å². The second kappa shape index (κ2) is 20.9. The van der Waals surface area contributed by atoms with E-state index in [0.29, 0.717) is 54.4 Å². The summed E-state index contributed by atoms with van der Waals surface area (Å²) in [5.74, 6) is 1.43. The Labute approximate surface area is 445 Å². The number of benzene rings is 9. The standard InChI is InChI=1S/C68H66O8/c1-40-26-46(12-23-61(40)71)32-49-35-56(29-43(4)64(49)74)67(5,6)54-15-17-55(18-16-54)68(7,57-36-50(30-44-8-19-59(69)20-9-44)65(75)52(38-57)33-47-13-24-62(72)41(2)27-47)58-37-51(31-45-10-21-60(70)22-11-45)66(76)53(39-58)34-48-14-25-63(73)42(3)28-48/h8-29,35-39,69-76H,30-34H2,1-7H3. The first-order chi connectivity index (χ1) is 36.2. The molecule has 8 nitrogen and oxygen atoms in total. The molecule has 0 aromatic heterocycles. The van der Waals surface area contributed by atoms with Gasteiger partial charge in [-0.2, -0.15) is 0 Å². The Balaban J connectivity index is 1.25. The van der Waals surface area contributed by atoms with Crippen molar-refractivity contribution in [2.45, 2.75) is 91.4 Å². The van der Waals surface area contributed by atoms with Gasteiger partial charge in [0.25, 0.3) is 0 Å². The first kappa shape index (κ1) is 52.3. The average Bonchev–Trinajstić information content (AvgIpc) is 3.39. The first-order valence-corrected chi connectivity index (χ1v) is 25.7. The molecule has 76 heavy (non-hydrogen) atoms. The van der Waals surface area contributed by atoms with Gasteiger partial charge in [-0.25, -0.2) is 0 Å². The fourth-order valence-electron chi connectivity index (χ4n) is 10.7. The fourth-order valence-corrected chi connectivity index (χ4v) is 10.7. The second-order valence-corrected chi connectivity index (χ2v) is 21.5. The number of rotatable bonds is 15. The van der Waals surface area contributed by atoms with E-state index in [1.807, 2.05) is 94.4 Å². The molecule has 0 saturated heterocycles. The van der Waals surface area contributed by atoms with Crippen LogP contribution in [0.25, 0.3) is 0 Å². The van der Waals surface area contributed by atoms with Crippen LogP contribution in [-0.4, -0.2) is 40.9 Å². The number of aryl methyl sites for hydroxylation is 4. The van der Waals surface area contributed by atoms with Crippen molar-refractivity contribution >= 4 is 0 Å². The van der Waals surface area contributed by atoms with Crippen LogP contribution in [0.15, 0.2) is 164 Å². The van der Waals surface area contributed by atoms with Gasteiger partial charge in [0.05, 0.1) is 0 Å².